The van der Waals surface area contributed by atoms with Crippen molar-refractivity contribution in [1.29, 1.82) is 0 Å². The Labute approximate surface area is 169 Å². The third-order valence-corrected chi connectivity index (χ3v) is 7.99. The van der Waals surface area contributed by atoms with Crippen molar-refractivity contribution in [3.8, 4) is 0 Å². The average Bonchev–Trinajstić information content (AvgIpc) is 3.14. The van der Waals surface area contributed by atoms with E-state index < -0.39 is 10.0 Å². The number of amides is 1. The van der Waals surface area contributed by atoms with Gasteiger partial charge < -0.3 is 5.32 Å². The van der Waals surface area contributed by atoms with Crippen LogP contribution in [0.3, 0.4) is 0 Å². The number of nitrogens with zero attached hydrogens (tertiary/aromatic N) is 1. The summed E-state index contributed by atoms with van der Waals surface area (Å²) in [7, 11) is -3.47. The number of piperidine rings is 1. The molecular weight excluding hydrogens is 372 g/mol. The van der Waals surface area contributed by atoms with Crippen LogP contribution in [0.5, 0.6) is 0 Å². The van der Waals surface area contributed by atoms with E-state index in [-0.39, 0.29) is 17.9 Å². The van der Waals surface area contributed by atoms with E-state index in [0.29, 0.717) is 36.7 Å². The first-order chi connectivity index (χ1) is 13.3. The molecule has 1 fully saturated rings. The van der Waals surface area contributed by atoms with E-state index in [0.717, 1.165) is 32.1 Å². The number of carbonyl (C=O) groups is 1. The molecule has 1 aliphatic carbocycles. The monoisotopic (exact) mass is 406 g/mol. The maximum atomic E-state index is 13.0. The van der Waals surface area contributed by atoms with Gasteiger partial charge in [0.1, 0.15) is 0 Å². The van der Waals surface area contributed by atoms with Gasteiger partial charge in [0.2, 0.25) is 15.9 Å². The van der Waals surface area contributed by atoms with Crippen molar-refractivity contribution in [2.45, 2.75) is 76.7 Å². The van der Waals surface area contributed by atoms with Gasteiger partial charge in [0, 0.05) is 25.0 Å². The van der Waals surface area contributed by atoms with Crippen LogP contribution in [0.2, 0.25) is 0 Å². The molecule has 5 nitrogen and oxygen atoms in total. The lowest BCUT2D eigenvalue weighted by molar-refractivity contribution is -0.126. The molecule has 1 heterocycles. The van der Waals surface area contributed by atoms with Crippen LogP contribution >= 0.6 is 0 Å². The molecule has 1 amide bonds. The normalized spacial score (nSPS) is 19.6. The molecule has 0 unspecified atom stereocenters. The molecule has 0 saturated carbocycles. The Morgan fingerprint density at radius 3 is 2.46 bits per heavy atom. The quantitative estimate of drug-likeness (QED) is 0.753. The highest BCUT2D eigenvalue weighted by Gasteiger charge is 2.32. The number of sulfonamides is 1. The first kappa shape index (κ1) is 21.3. The van der Waals surface area contributed by atoms with E-state index in [1.807, 2.05) is 19.1 Å². The van der Waals surface area contributed by atoms with Crippen molar-refractivity contribution in [2.24, 2.45) is 11.8 Å². The second kappa shape index (κ2) is 8.95. The van der Waals surface area contributed by atoms with Gasteiger partial charge in [-0.3, -0.25) is 4.79 Å². The third-order valence-electron chi connectivity index (χ3n) is 6.10. The topological polar surface area (TPSA) is 66.5 Å². The standard InChI is InChI=1S/C22H34N2O3S/c1-16(2)7-8-17(3)23-22(25)19-11-13-24(14-12-19)28(26,27)21-10-9-18-5-4-6-20(18)15-21/h9-10,15-17,19H,4-8,11-14H2,1-3H3,(H,23,25)/t17-/m0/s1. The van der Waals surface area contributed by atoms with Crippen molar-refractivity contribution in [2.75, 3.05) is 13.1 Å². The van der Waals surface area contributed by atoms with Gasteiger partial charge in [-0.1, -0.05) is 19.9 Å². The summed E-state index contributed by atoms with van der Waals surface area (Å²) in [4.78, 5) is 12.9. The van der Waals surface area contributed by atoms with Crippen LogP contribution in [0.4, 0.5) is 0 Å². The van der Waals surface area contributed by atoms with E-state index in [9.17, 15) is 13.2 Å². The van der Waals surface area contributed by atoms with Crippen molar-refractivity contribution in [3.63, 3.8) is 0 Å². The first-order valence-corrected chi connectivity index (χ1v) is 12.1. The second-order valence-electron chi connectivity index (χ2n) is 8.84. The van der Waals surface area contributed by atoms with Gasteiger partial charge in [0.25, 0.3) is 0 Å². The third kappa shape index (κ3) is 4.95. The summed E-state index contributed by atoms with van der Waals surface area (Å²) >= 11 is 0. The fourth-order valence-electron chi connectivity index (χ4n) is 4.23. The number of hydrogen-bond acceptors (Lipinski definition) is 3. The lowest BCUT2D eigenvalue weighted by Gasteiger charge is -2.31. The van der Waals surface area contributed by atoms with E-state index in [1.165, 1.54) is 11.1 Å². The van der Waals surface area contributed by atoms with Crippen LogP contribution in [-0.2, 0) is 27.7 Å². The molecule has 2 aliphatic rings. The van der Waals surface area contributed by atoms with E-state index in [1.54, 1.807) is 10.4 Å². The van der Waals surface area contributed by atoms with Crippen LogP contribution in [0.25, 0.3) is 0 Å². The molecule has 1 saturated heterocycles. The molecule has 6 heteroatoms. The van der Waals surface area contributed by atoms with Gasteiger partial charge >= 0.3 is 0 Å². The Bertz CT molecular complexity index is 796. The summed E-state index contributed by atoms with van der Waals surface area (Å²) in [5.41, 5.74) is 2.45. The largest absolute Gasteiger partial charge is 0.353 e. The minimum absolute atomic E-state index is 0.0748. The zero-order valence-electron chi connectivity index (χ0n) is 17.4. The van der Waals surface area contributed by atoms with Gasteiger partial charge in [-0.15, -0.1) is 0 Å². The summed E-state index contributed by atoms with van der Waals surface area (Å²) in [5, 5.41) is 3.11. The predicted octanol–water partition coefficient (Wildman–Crippen LogP) is 3.52. The zero-order chi connectivity index (χ0) is 20.3. The smallest absolute Gasteiger partial charge is 0.243 e. The maximum absolute atomic E-state index is 13.0. The van der Waals surface area contributed by atoms with Crippen molar-refractivity contribution >= 4 is 15.9 Å². The average molecular weight is 407 g/mol. The van der Waals surface area contributed by atoms with Crippen LogP contribution in [0.1, 0.15) is 64.0 Å². The Morgan fingerprint density at radius 2 is 1.79 bits per heavy atom. The second-order valence-corrected chi connectivity index (χ2v) is 10.8. The highest BCUT2D eigenvalue weighted by molar-refractivity contribution is 7.89. The van der Waals surface area contributed by atoms with Gasteiger partial charge in [0.15, 0.2) is 0 Å². The lowest BCUT2D eigenvalue weighted by atomic mass is 9.96. The molecule has 1 aliphatic heterocycles. The Kier molecular flexibility index (Phi) is 6.81. The number of nitrogens with one attached hydrogen (secondary N) is 1. The zero-order valence-corrected chi connectivity index (χ0v) is 18.2. The summed E-state index contributed by atoms with van der Waals surface area (Å²) in [6, 6.07) is 5.73. The molecule has 28 heavy (non-hydrogen) atoms. The van der Waals surface area contributed by atoms with Gasteiger partial charge in [-0.25, -0.2) is 8.42 Å². The Hall–Kier alpha value is -1.40. The van der Waals surface area contributed by atoms with E-state index >= 15 is 0 Å². The molecule has 0 bridgehead atoms. The summed E-state index contributed by atoms with van der Waals surface area (Å²) < 4.78 is 27.6. The van der Waals surface area contributed by atoms with Gasteiger partial charge in [-0.2, -0.15) is 4.31 Å². The Morgan fingerprint density at radius 1 is 1.11 bits per heavy atom. The fourth-order valence-corrected chi connectivity index (χ4v) is 5.75. The SMILES string of the molecule is CC(C)CC[C@H](C)NC(=O)C1CCN(S(=O)(=O)c2ccc3c(c2)CCC3)CC1. The van der Waals surface area contributed by atoms with E-state index in [4.69, 9.17) is 0 Å². The molecule has 1 N–H and O–H groups in total. The van der Waals surface area contributed by atoms with Gasteiger partial charge in [-0.05, 0) is 81.0 Å². The fraction of sp³-hybridized carbons (Fsp3) is 0.682. The lowest BCUT2D eigenvalue weighted by Crippen LogP contribution is -2.44. The number of benzene rings is 1. The highest BCUT2D eigenvalue weighted by atomic mass is 32.2. The molecule has 1 aromatic carbocycles. The molecule has 3 rings (SSSR count). The van der Waals surface area contributed by atoms with Crippen molar-refractivity contribution in [1.82, 2.24) is 9.62 Å². The van der Waals surface area contributed by atoms with Crippen molar-refractivity contribution in [3.05, 3.63) is 29.3 Å². The summed E-state index contributed by atoms with van der Waals surface area (Å²) in [6.45, 7) is 7.25. The summed E-state index contributed by atoms with van der Waals surface area (Å²) in [6.07, 6.45) is 6.38. The summed E-state index contributed by atoms with van der Waals surface area (Å²) in [5.74, 6) is 0.616. The van der Waals surface area contributed by atoms with Crippen LogP contribution in [0.15, 0.2) is 23.1 Å². The number of carbonyl (C=O) groups excluding carboxylic acids is 1. The minimum Gasteiger partial charge on any atom is -0.353 e. The Balaban J connectivity index is 1.55. The van der Waals surface area contributed by atoms with E-state index in [2.05, 4.69) is 19.2 Å². The van der Waals surface area contributed by atoms with Gasteiger partial charge in [0.05, 0.1) is 4.90 Å². The number of rotatable bonds is 7. The molecule has 0 spiro atoms. The molecule has 0 aromatic heterocycles. The predicted molar refractivity (Wildman–Crippen MR) is 112 cm³/mol. The van der Waals surface area contributed by atoms with Crippen LogP contribution in [0, 0.1) is 11.8 Å². The highest BCUT2D eigenvalue weighted by Crippen LogP contribution is 2.28. The molecule has 1 aromatic rings. The molecular formula is C22H34N2O3S. The molecule has 0 radical (unpaired) electrons. The first-order valence-electron chi connectivity index (χ1n) is 10.7. The number of hydrogen-bond donors (Lipinski definition) is 1. The maximum Gasteiger partial charge on any atom is 0.243 e. The number of aryl methyl sites for hydroxylation is 2. The van der Waals surface area contributed by atoms with Crippen LogP contribution in [-0.4, -0.2) is 37.8 Å². The minimum atomic E-state index is -3.47. The van der Waals surface area contributed by atoms with Crippen LogP contribution < -0.4 is 5.32 Å². The number of fused-ring (bicyclic) bond motifs is 1. The molecule has 1 atom stereocenters. The molecule has 156 valence electrons. The van der Waals surface area contributed by atoms with Crippen molar-refractivity contribution < 1.29 is 13.2 Å².